The number of carbonyl (C=O) groups excluding carboxylic acids is 1. The number of halogens is 2. The number of carbonyl (C=O) groups is 1. The summed E-state index contributed by atoms with van der Waals surface area (Å²) < 4.78 is 35.6. The fourth-order valence-corrected chi connectivity index (χ4v) is 1.83. The number of anilines is 1. The summed E-state index contributed by atoms with van der Waals surface area (Å²) in [4.78, 5) is 12.0. The zero-order valence-corrected chi connectivity index (χ0v) is 11.5. The van der Waals surface area contributed by atoms with Crippen LogP contribution in [0, 0.1) is 0 Å². The molecular weight excluding hydrogens is 282 g/mol. The SMILES string of the molecule is COc1ccc(NC(=O)c2cccn2C)cc1OC(F)F. The quantitative estimate of drug-likeness (QED) is 0.923. The van der Waals surface area contributed by atoms with Crippen molar-refractivity contribution in [3.05, 3.63) is 42.2 Å². The monoisotopic (exact) mass is 296 g/mol. The number of aromatic nitrogens is 1. The van der Waals surface area contributed by atoms with E-state index in [0.717, 1.165) is 0 Å². The van der Waals surface area contributed by atoms with Crippen molar-refractivity contribution < 1.29 is 23.0 Å². The molecule has 1 heterocycles. The summed E-state index contributed by atoms with van der Waals surface area (Å²) in [5, 5.41) is 2.61. The summed E-state index contributed by atoms with van der Waals surface area (Å²) in [6.07, 6.45) is 1.73. The van der Waals surface area contributed by atoms with Gasteiger partial charge in [-0.3, -0.25) is 4.79 Å². The molecule has 0 spiro atoms. The molecule has 1 aromatic heterocycles. The van der Waals surface area contributed by atoms with E-state index in [1.54, 1.807) is 29.9 Å². The van der Waals surface area contributed by atoms with Crippen LogP contribution in [0.15, 0.2) is 36.5 Å². The Kier molecular flexibility index (Phi) is 4.42. The number of nitrogens with one attached hydrogen (secondary N) is 1. The van der Waals surface area contributed by atoms with E-state index in [4.69, 9.17) is 4.74 Å². The van der Waals surface area contributed by atoms with Crippen LogP contribution in [0.1, 0.15) is 10.5 Å². The first-order chi connectivity index (χ1) is 10.0. The maximum atomic E-state index is 12.3. The predicted octanol–water partition coefficient (Wildman–Crippen LogP) is 2.89. The maximum absolute atomic E-state index is 12.3. The van der Waals surface area contributed by atoms with Crippen molar-refractivity contribution in [2.45, 2.75) is 6.61 Å². The Balaban J connectivity index is 2.20. The Hall–Kier alpha value is -2.57. The number of aryl methyl sites for hydroxylation is 1. The van der Waals surface area contributed by atoms with Crippen molar-refractivity contribution >= 4 is 11.6 Å². The Labute approximate surface area is 120 Å². The molecule has 7 heteroatoms. The van der Waals surface area contributed by atoms with Crippen LogP contribution >= 0.6 is 0 Å². The second-order valence-electron chi connectivity index (χ2n) is 4.20. The van der Waals surface area contributed by atoms with Gasteiger partial charge < -0.3 is 19.4 Å². The molecule has 112 valence electrons. The van der Waals surface area contributed by atoms with Gasteiger partial charge in [0.15, 0.2) is 11.5 Å². The number of hydrogen-bond donors (Lipinski definition) is 1. The van der Waals surface area contributed by atoms with Crippen LogP contribution in [0.2, 0.25) is 0 Å². The van der Waals surface area contributed by atoms with Gasteiger partial charge in [0, 0.05) is 25.0 Å². The third-order valence-corrected chi connectivity index (χ3v) is 2.81. The lowest BCUT2D eigenvalue weighted by molar-refractivity contribution is -0.0511. The van der Waals surface area contributed by atoms with Crippen LogP contribution < -0.4 is 14.8 Å². The van der Waals surface area contributed by atoms with Crippen molar-refractivity contribution in [3.8, 4) is 11.5 Å². The van der Waals surface area contributed by atoms with Crippen molar-refractivity contribution in [3.63, 3.8) is 0 Å². The first-order valence-electron chi connectivity index (χ1n) is 6.07. The Morgan fingerprint density at radius 2 is 2.05 bits per heavy atom. The summed E-state index contributed by atoms with van der Waals surface area (Å²) in [5.41, 5.74) is 0.778. The molecule has 2 rings (SSSR count). The van der Waals surface area contributed by atoms with Crippen molar-refractivity contribution in [2.24, 2.45) is 7.05 Å². The molecule has 0 fully saturated rings. The Morgan fingerprint density at radius 3 is 2.62 bits per heavy atom. The number of ether oxygens (including phenoxy) is 2. The molecule has 0 saturated carbocycles. The number of amides is 1. The molecule has 21 heavy (non-hydrogen) atoms. The van der Waals surface area contributed by atoms with E-state index in [0.29, 0.717) is 11.4 Å². The van der Waals surface area contributed by atoms with Gasteiger partial charge in [-0.2, -0.15) is 8.78 Å². The van der Waals surface area contributed by atoms with Crippen LogP contribution in [-0.2, 0) is 7.05 Å². The average Bonchev–Trinajstić information content (AvgIpc) is 2.85. The van der Waals surface area contributed by atoms with Gasteiger partial charge in [0.2, 0.25) is 0 Å². The summed E-state index contributed by atoms with van der Waals surface area (Å²) in [6, 6.07) is 7.64. The largest absolute Gasteiger partial charge is 0.493 e. The number of benzene rings is 1. The number of rotatable bonds is 5. The molecule has 0 aliphatic heterocycles. The molecule has 1 aromatic carbocycles. The van der Waals surface area contributed by atoms with Crippen molar-refractivity contribution in [2.75, 3.05) is 12.4 Å². The fourth-order valence-electron chi connectivity index (χ4n) is 1.83. The minimum atomic E-state index is -2.97. The van der Waals surface area contributed by atoms with E-state index in [-0.39, 0.29) is 17.4 Å². The van der Waals surface area contributed by atoms with E-state index >= 15 is 0 Å². The highest BCUT2D eigenvalue weighted by molar-refractivity contribution is 6.03. The minimum Gasteiger partial charge on any atom is -0.493 e. The zero-order valence-electron chi connectivity index (χ0n) is 11.5. The van der Waals surface area contributed by atoms with Gasteiger partial charge in [0.1, 0.15) is 5.69 Å². The van der Waals surface area contributed by atoms with Crippen molar-refractivity contribution in [1.29, 1.82) is 0 Å². The molecule has 1 N–H and O–H groups in total. The number of methoxy groups -OCH3 is 1. The van der Waals surface area contributed by atoms with Crippen LogP contribution in [-0.4, -0.2) is 24.2 Å². The van der Waals surface area contributed by atoms with Crippen molar-refractivity contribution in [1.82, 2.24) is 4.57 Å². The maximum Gasteiger partial charge on any atom is 0.387 e. The summed E-state index contributed by atoms with van der Waals surface area (Å²) in [7, 11) is 3.07. The average molecular weight is 296 g/mol. The molecule has 5 nitrogen and oxygen atoms in total. The van der Waals surface area contributed by atoms with Gasteiger partial charge >= 0.3 is 6.61 Å². The van der Waals surface area contributed by atoms with Gasteiger partial charge in [-0.15, -0.1) is 0 Å². The van der Waals surface area contributed by atoms with Gasteiger partial charge in [0.05, 0.1) is 7.11 Å². The van der Waals surface area contributed by atoms with Crippen LogP contribution in [0.5, 0.6) is 11.5 Å². The third kappa shape index (κ3) is 3.50. The van der Waals surface area contributed by atoms with E-state index in [1.807, 2.05) is 0 Å². The molecule has 0 unspecified atom stereocenters. The molecular formula is C14H14F2N2O3. The first-order valence-corrected chi connectivity index (χ1v) is 6.07. The van der Waals surface area contributed by atoms with E-state index in [1.165, 1.54) is 25.3 Å². The molecule has 0 atom stereocenters. The van der Waals surface area contributed by atoms with Crippen LogP contribution in [0.4, 0.5) is 14.5 Å². The van der Waals surface area contributed by atoms with Crippen LogP contribution in [0.25, 0.3) is 0 Å². The highest BCUT2D eigenvalue weighted by Gasteiger charge is 2.14. The van der Waals surface area contributed by atoms with E-state index in [2.05, 4.69) is 10.1 Å². The number of nitrogens with zero attached hydrogens (tertiary/aromatic N) is 1. The lowest BCUT2D eigenvalue weighted by Gasteiger charge is -2.12. The Morgan fingerprint density at radius 1 is 1.29 bits per heavy atom. The highest BCUT2D eigenvalue weighted by atomic mass is 19.3. The zero-order chi connectivity index (χ0) is 15.4. The standard InChI is InChI=1S/C14H14F2N2O3/c1-18-7-3-4-10(18)13(19)17-9-5-6-11(20-2)12(8-9)21-14(15)16/h3-8,14H,1-2H3,(H,17,19). The smallest absolute Gasteiger partial charge is 0.387 e. The normalized spacial score (nSPS) is 10.5. The fraction of sp³-hybridized carbons (Fsp3) is 0.214. The molecule has 0 saturated heterocycles. The molecule has 1 amide bonds. The van der Waals surface area contributed by atoms with Gasteiger partial charge in [-0.1, -0.05) is 0 Å². The lowest BCUT2D eigenvalue weighted by Crippen LogP contribution is -2.15. The first kappa shape index (κ1) is 14.8. The highest BCUT2D eigenvalue weighted by Crippen LogP contribution is 2.31. The topological polar surface area (TPSA) is 52.5 Å². The molecule has 0 radical (unpaired) electrons. The molecule has 2 aromatic rings. The number of hydrogen-bond acceptors (Lipinski definition) is 3. The molecule has 0 bridgehead atoms. The minimum absolute atomic E-state index is 0.141. The lowest BCUT2D eigenvalue weighted by atomic mass is 10.2. The second kappa shape index (κ2) is 6.25. The number of alkyl halides is 2. The molecule has 0 aliphatic rings. The Bertz CT molecular complexity index is 641. The summed E-state index contributed by atoms with van der Waals surface area (Å²) >= 11 is 0. The second-order valence-corrected chi connectivity index (χ2v) is 4.20. The third-order valence-electron chi connectivity index (χ3n) is 2.81. The van der Waals surface area contributed by atoms with E-state index in [9.17, 15) is 13.6 Å². The van der Waals surface area contributed by atoms with Gasteiger partial charge in [0.25, 0.3) is 5.91 Å². The van der Waals surface area contributed by atoms with Crippen LogP contribution in [0.3, 0.4) is 0 Å². The summed E-state index contributed by atoms with van der Waals surface area (Å²) in [6.45, 7) is -2.97. The van der Waals surface area contributed by atoms with E-state index < -0.39 is 6.61 Å². The molecule has 0 aliphatic carbocycles. The van der Waals surface area contributed by atoms with Gasteiger partial charge in [-0.25, -0.2) is 0 Å². The predicted molar refractivity (Wildman–Crippen MR) is 73.0 cm³/mol. The van der Waals surface area contributed by atoms with Gasteiger partial charge in [-0.05, 0) is 24.3 Å². The summed E-state index contributed by atoms with van der Waals surface area (Å²) in [5.74, 6) is -0.333.